The molecule has 1 amide bonds. The molecule has 1 aromatic carbocycles. The minimum Gasteiger partial charge on any atom is -0.334 e. The third-order valence-corrected chi connectivity index (χ3v) is 5.94. The topological polar surface area (TPSA) is 54.5 Å². The Balaban J connectivity index is 2.37. The van der Waals surface area contributed by atoms with E-state index in [2.05, 4.69) is 0 Å². The van der Waals surface area contributed by atoms with Crippen LogP contribution >= 0.6 is 22.9 Å². The highest BCUT2D eigenvalue weighted by molar-refractivity contribution is 7.90. The van der Waals surface area contributed by atoms with Gasteiger partial charge in [-0.05, 0) is 36.6 Å². The molecule has 0 fully saturated rings. The molecule has 0 aliphatic rings. The van der Waals surface area contributed by atoms with E-state index >= 15 is 0 Å². The van der Waals surface area contributed by atoms with Gasteiger partial charge in [0.1, 0.15) is 0 Å². The molecule has 1 unspecified atom stereocenters. The van der Waals surface area contributed by atoms with Crippen LogP contribution in [0.4, 0.5) is 0 Å². The average Bonchev–Trinajstić information content (AvgIpc) is 2.98. The van der Waals surface area contributed by atoms with E-state index in [1.54, 1.807) is 23.3 Å². The predicted octanol–water partition coefficient (Wildman–Crippen LogP) is 3.64. The van der Waals surface area contributed by atoms with E-state index in [0.29, 0.717) is 0 Å². The second-order valence-corrected chi connectivity index (χ2v) is 8.42. The Morgan fingerprint density at radius 1 is 1.32 bits per heavy atom. The molecule has 4 nitrogen and oxygen atoms in total. The third kappa shape index (κ3) is 3.51. The normalized spacial score (nSPS) is 12.9. The number of halogens is 1. The summed E-state index contributed by atoms with van der Waals surface area (Å²) in [5, 5.41) is 2.18. The molecule has 1 heterocycles. The molecule has 0 aliphatic carbocycles. The lowest BCUT2D eigenvalue weighted by Crippen LogP contribution is -2.29. The molecule has 22 heavy (non-hydrogen) atoms. The first kappa shape index (κ1) is 17.0. The maximum Gasteiger partial charge on any atom is 0.255 e. The Morgan fingerprint density at radius 3 is 2.55 bits per heavy atom. The van der Waals surface area contributed by atoms with Crippen LogP contribution in [0.25, 0.3) is 0 Å². The van der Waals surface area contributed by atoms with Crippen molar-refractivity contribution < 1.29 is 13.2 Å². The Morgan fingerprint density at radius 2 is 2.00 bits per heavy atom. The Labute approximate surface area is 139 Å². The molecule has 7 heteroatoms. The third-order valence-electron chi connectivity index (χ3n) is 3.45. The van der Waals surface area contributed by atoms with Gasteiger partial charge in [0.2, 0.25) is 0 Å². The lowest BCUT2D eigenvalue weighted by atomic mass is 10.1. The molecular formula is C15H16ClNO3S2. The molecule has 2 rings (SSSR count). The van der Waals surface area contributed by atoms with Gasteiger partial charge in [-0.3, -0.25) is 4.79 Å². The largest absolute Gasteiger partial charge is 0.334 e. The highest BCUT2D eigenvalue weighted by Gasteiger charge is 2.23. The Hall–Kier alpha value is -1.37. The number of rotatable bonds is 4. The summed E-state index contributed by atoms with van der Waals surface area (Å²) in [6, 6.07) is 7.93. The number of nitrogens with zero attached hydrogens (tertiary/aromatic N) is 1. The SMILES string of the molecule is CC(c1cccs1)N(C)C(=O)c1cc(S(C)(=O)=O)ccc1Cl. The van der Waals surface area contributed by atoms with Crippen molar-refractivity contribution in [3.8, 4) is 0 Å². The summed E-state index contributed by atoms with van der Waals surface area (Å²) in [6.07, 6.45) is 1.10. The summed E-state index contributed by atoms with van der Waals surface area (Å²) in [7, 11) is -1.72. The van der Waals surface area contributed by atoms with Gasteiger partial charge in [-0.15, -0.1) is 11.3 Å². The van der Waals surface area contributed by atoms with Gasteiger partial charge in [-0.25, -0.2) is 8.42 Å². The summed E-state index contributed by atoms with van der Waals surface area (Å²) in [4.78, 5) is 15.3. The lowest BCUT2D eigenvalue weighted by molar-refractivity contribution is 0.0745. The van der Waals surface area contributed by atoms with E-state index in [1.807, 2.05) is 24.4 Å². The molecule has 2 aromatic rings. The van der Waals surface area contributed by atoms with Gasteiger partial charge in [0.15, 0.2) is 9.84 Å². The maximum atomic E-state index is 12.6. The molecule has 1 atom stereocenters. The van der Waals surface area contributed by atoms with E-state index in [1.165, 1.54) is 18.2 Å². The number of sulfone groups is 1. The van der Waals surface area contributed by atoms with Crippen molar-refractivity contribution in [2.24, 2.45) is 0 Å². The zero-order valence-corrected chi connectivity index (χ0v) is 14.8. The zero-order valence-electron chi connectivity index (χ0n) is 12.4. The van der Waals surface area contributed by atoms with Gasteiger partial charge in [0.05, 0.1) is 21.5 Å². The second-order valence-electron chi connectivity index (χ2n) is 5.02. The fourth-order valence-electron chi connectivity index (χ4n) is 1.98. The first-order valence-corrected chi connectivity index (χ1v) is 9.67. The van der Waals surface area contributed by atoms with Crippen molar-refractivity contribution in [1.29, 1.82) is 0 Å². The number of carbonyl (C=O) groups is 1. The summed E-state index contributed by atoms with van der Waals surface area (Å²) in [6.45, 7) is 1.91. The van der Waals surface area contributed by atoms with Crippen LogP contribution in [-0.2, 0) is 9.84 Å². The van der Waals surface area contributed by atoms with Gasteiger partial charge < -0.3 is 4.90 Å². The fourth-order valence-corrected chi connectivity index (χ4v) is 3.66. The van der Waals surface area contributed by atoms with Crippen molar-refractivity contribution >= 4 is 38.7 Å². The number of amides is 1. The zero-order chi connectivity index (χ0) is 16.5. The lowest BCUT2D eigenvalue weighted by Gasteiger charge is -2.24. The number of hydrogen-bond acceptors (Lipinski definition) is 4. The monoisotopic (exact) mass is 357 g/mol. The Bertz CT molecular complexity index is 785. The van der Waals surface area contributed by atoms with Crippen LogP contribution in [0.15, 0.2) is 40.6 Å². The van der Waals surface area contributed by atoms with Crippen molar-refractivity contribution in [1.82, 2.24) is 4.90 Å². The standard InChI is InChI=1S/C15H16ClNO3S2/c1-10(14-5-4-8-21-14)17(2)15(18)12-9-11(22(3,19)20)6-7-13(12)16/h4-10H,1-3H3. The molecule has 0 spiro atoms. The highest BCUT2D eigenvalue weighted by atomic mass is 35.5. The predicted molar refractivity (Wildman–Crippen MR) is 89.4 cm³/mol. The van der Waals surface area contributed by atoms with E-state index in [0.717, 1.165) is 11.1 Å². The van der Waals surface area contributed by atoms with E-state index < -0.39 is 9.84 Å². The summed E-state index contributed by atoms with van der Waals surface area (Å²) < 4.78 is 23.3. The van der Waals surface area contributed by atoms with Crippen LogP contribution in [0.5, 0.6) is 0 Å². The number of carbonyl (C=O) groups excluding carboxylic acids is 1. The number of hydrogen-bond donors (Lipinski definition) is 0. The van der Waals surface area contributed by atoms with E-state index in [4.69, 9.17) is 11.6 Å². The van der Waals surface area contributed by atoms with E-state index in [-0.39, 0.29) is 27.4 Å². The maximum absolute atomic E-state index is 12.6. The Kier molecular flexibility index (Phi) is 4.94. The second kappa shape index (κ2) is 6.40. The fraction of sp³-hybridized carbons (Fsp3) is 0.267. The van der Waals surface area contributed by atoms with Gasteiger partial charge in [0, 0.05) is 18.2 Å². The first-order chi connectivity index (χ1) is 10.2. The molecule has 0 bridgehead atoms. The van der Waals surface area contributed by atoms with Crippen LogP contribution < -0.4 is 0 Å². The minimum atomic E-state index is -3.39. The first-order valence-electron chi connectivity index (χ1n) is 6.52. The highest BCUT2D eigenvalue weighted by Crippen LogP contribution is 2.27. The molecule has 0 saturated carbocycles. The molecule has 0 radical (unpaired) electrons. The summed E-state index contributed by atoms with van der Waals surface area (Å²) in [5.41, 5.74) is 0.190. The molecule has 1 aromatic heterocycles. The van der Waals surface area contributed by atoms with Crippen molar-refractivity contribution in [2.45, 2.75) is 17.9 Å². The van der Waals surface area contributed by atoms with Crippen LogP contribution in [-0.4, -0.2) is 32.5 Å². The van der Waals surface area contributed by atoms with Crippen LogP contribution in [0.1, 0.15) is 28.2 Å². The van der Waals surface area contributed by atoms with Crippen molar-refractivity contribution in [3.05, 3.63) is 51.2 Å². The summed E-state index contributed by atoms with van der Waals surface area (Å²) >= 11 is 7.64. The molecular weight excluding hydrogens is 342 g/mol. The van der Waals surface area contributed by atoms with Gasteiger partial charge in [0.25, 0.3) is 5.91 Å². The van der Waals surface area contributed by atoms with E-state index in [9.17, 15) is 13.2 Å². The average molecular weight is 358 g/mol. The number of benzene rings is 1. The number of thiophene rings is 1. The van der Waals surface area contributed by atoms with Crippen molar-refractivity contribution in [3.63, 3.8) is 0 Å². The van der Waals surface area contributed by atoms with Gasteiger partial charge in [-0.2, -0.15) is 0 Å². The smallest absolute Gasteiger partial charge is 0.255 e. The molecule has 0 saturated heterocycles. The van der Waals surface area contributed by atoms with Crippen LogP contribution in [0.2, 0.25) is 5.02 Å². The van der Waals surface area contributed by atoms with Crippen LogP contribution in [0.3, 0.4) is 0 Å². The van der Waals surface area contributed by atoms with Gasteiger partial charge >= 0.3 is 0 Å². The molecule has 0 aliphatic heterocycles. The minimum absolute atomic E-state index is 0.0810. The van der Waals surface area contributed by atoms with Crippen molar-refractivity contribution in [2.75, 3.05) is 13.3 Å². The molecule has 118 valence electrons. The van der Waals surface area contributed by atoms with Crippen LogP contribution in [0, 0.1) is 0 Å². The molecule has 0 N–H and O–H groups in total. The van der Waals surface area contributed by atoms with Gasteiger partial charge in [-0.1, -0.05) is 17.7 Å². The quantitative estimate of drug-likeness (QED) is 0.839. The summed E-state index contributed by atoms with van der Waals surface area (Å²) in [5.74, 6) is -0.309.